The molecule has 3 aromatic rings. The van der Waals surface area contributed by atoms with E-state index in [0.29, 0.717) is 27.0 Å². The maximum atomic E-state index is 13.0. The topological polar surface area (TPSA) is 38.9 Å². The van der Waals surface area contributed by atoms with Crippen molar-refractivity contribution in [1.82, 2.24) is 9.97 Å². The second kappa shape index (κ2) is 4.23. The highest BCUT2D eigenvalue weighted by atomic mass is 35.5. The van der Waals surface area contributed by atoms with Gasteiger partial charge in [0.05, 0.1) is 16.2 Å². The molecule has 0 saturated heterocycles. The van der Waals surface area contributed by atoms with E-state index in [1.54, 1.807) is 18.2 Å². The largest absolute Gasteiger partial charge is 0.418 e. The first kappa shape index (κ1) is 11.4. The van der Waals surface area contributed by atoms with Crippen LogP contribution in [0.2, 0.25) is 10.0 Å². The number of pyridine rings is 1. The van der Waals surface area contributed by atoms with Crippen molar-refractivity contribution in [2.45, 2.75) is 0 Å². The number of halogens is 3. The number of nitrogens with zero attached hydrogens (tertiary/aromatic N) is 2. The van der Waals surface area contributed by atoms with E-state index in [1.807, 2.05) is 0 Å². The maximum absolute atomic E-state index is 13.0. The van der Waals surface area contributed by atoms with Gasteiger partial charge in [0.1, 0.15) is 11.3 Å². The van der Waals surface area contributed by atoms with E-state index < -0.39 is 5.82 Å². The lowest BCUT2D eigenvalue weighted by Gasteiger charge is -1.97. The minimum atomic E-state index is -0.462. The van der Waals surface area contributed by atoms with Crippen molar-refractivity contribution in [3.8, 4) is 11.5 Å². The lowest BCUT2D eigenvalue weighted by molar-refractivity contribution is 0.597. The fourth-order valence-corrected chi connectivity index (χ4v) is 1.85. The van der Waals surface area contributed by atoms with E-state index in [1.165, 1.54) is 6.07 Å². The van der Waals surface area contributed by atoms with E-state index in [0.717, 1.165) is 6.20 Å². The maximum Gasteiger partial charge on any atom is 0.247 e. The first-order chi connectivity index (χ1) is 8.63. The Balaban J connectivity index is 2.16. The van der Waals surface area contributed by atoms with Crippen molar-refractivity contribution in [2.75, 3.05) is 0 Å². The molecule has 0 aliphatic heterocycles. The Bertz CT molecular complexity index is 742. The molecule has 18 heavy (non-hydrogen) atoms. The molecule has 0 fully saturated rings. The molecule has 90 valence electrons. The third kappa shape index (κ3) is 1.94. The van der Waals surface area contributed by atoms with Crippen LogP contribution in [0, 0.1) is 5.82 Å². The van der Waals surface area contributed by atoms with Crippen molar-refractivity contribution in [1.29, 1.82) is 0 Å². The minimum Gasteiger partial charge on any atom is -0.418 e. The van der Waals surface area contributed by atoms with Gasteiger partial charge in [-0.05, 0) is 18.2 Å². The Labute approximate surface area is 111 Å². The van der Waals surface area contributed by atoms with Crippen LogP contribution >= 0.6 is 23.2 Å². The molecular weight excluding hydrogens is 278 g/mol. The number of rotatable bonds is 1. The second-order valence-electron chi connectivity index (χ2n) is 3.63. The molecule has 3 rings (SSSR count). The first-order valence-electron chi connectivity index (χ1n) is 5.01. The Hall–Kier alpha value is -1.65. The standard InChI is InChI=1S/C12H5Cl2FN2O/c13-8-2-1-6(3-9(8)14)11-17-10-4-7(15)5-16-12(10)18-11/h1-5H. The summed E-state index contributed by atoms with van der Waals surface area (Å²) in [6.45, 7) is 0. The molecule has 0 unspecified atom stereocenters. The summed E-state index contributed by atoms with van der Waals surface area (Å²) < 4.78 is 18.4. The molecule has 0 saturated carbocycles. The van der Waals surface area contributed by atoms with E-state index in [4.69, 9.17) is 27.6 Å². The van der Waals surface area contributed by atoms with Crippen molar-refractivity contribution in [3.63, 3.8) is 0 Å². The van der Waals surface area contributed by atoms with Crippen LogP contribution in [0.25, 0.3) is 22.7 Å². The predicted octanol–water partition coefficient (Wildman–Crippen LogP) is 4.34. The average molecular weight is 283 g/mol. The zero-order chi connectivity index (χ0) is 12.7. The van der Waals surface area contributed by atoms with Gasteiger partial charge < -0.3 is 4.42 Å². The van der Waals surface area contributed by atoms with Crippen molar-refractivity contribution < 1.29 is 8.81 Å². The van der Waals surface area contributed by atoms with Crippen molar-refractivity contribution in [3.05, 3.63) is 46.3 Å². The summed E-state index contributed by atoms with van der Waals surface area (Å²) in [6, 6.07) is 6.25. The predicted molar refractivity (Wildman–Crippen MR) is 67.2 cm³/mol. The van der Waals surface area contributed by atoms with Gasteiger partial charge in [0, 0.05) is 11.6 Å². The molecule has 0 spiro atoms. The summed E-state index contributed by atoms with van der Waals surface area (Å²) in [4.78, 5) is 7.95. The quantitative estimate of drug-likeness (QED) is 0.667. The molecule has 6 heteroatoms. The molecule has 0 atom stereocenters. The van der Waals surface area contributed by atoms with Crippen molar-refractivity contribution >= 4 is 34.4 Å². The zero-order valence-electron chi connectivity index (χ0n) is 8.82. The molecule has 0 N–H and O–H groups in total. The van der Waals surface area contributed by atoms with E-state index in [9.17, 15) is 4.39 Å². The summed E-state index contributed by atoms with van der Waals surface area (Å²) >= 11 is 11.7. The van der Waals surface area contributed by atoms with E-state index in [-0.39, 0.29) is 5.71 Å². The van der Waals surface area contributed by atoms with Gasteiger partial charge in [0.15, 0.2) is 0 Å². The Morgan fingerprint density at radius 3 is 2.72 bits per heavy atom. The monoisotopic (exact) mass is 282 g/mol. The van der Waals surface area contributed by atoms with Crippen LogP contribution in [-0.4, -0.2) is 9.97 Å². The third-order valence-electron chi connectivity index (χ3n) is 2.38. The van der Waals surface area contributed by atoms with Crippen LogP contribution in [0.15, 0.2) is 34.9 Å². The molecule has 2 aromatic heterocycles. The fourth-order valence-electron chi connectivity index (χ4n) is 1.55. The molecule has 1 aromatic carbocycles. The number of hydrogen-bond donors (Lipinski definition) is 0. The Kier molecular flexibility index (Phi) is 2.69. The molecule has 2 heterocycles. The summed E-state index contributed by atoms with van der Waals surface area (Å²) in [7, 11) is 0. The normalized spacial score (nSPS) is 11.1. The van der Waals surface area contributed by atoms with Gasteiger partial charge in [-0.15, -0.1) is 0 Å². The van der Waals surface area contributed by atoms with Crippen molar-refractivity contribution in [2.24, 2.45) is 0 Å². The van der Waals surface area contributed by atoms with Gasteiger partial charge in [-0.3, -0.25) is 0 Å². The SMILES string of the molecule is Fc1cnc2oc(-c3ccc(Cl)c(Cl)c3)nc2c1. The Morgan fingerprint density at radius 1 is 1.11 bits per heavy atom. The molecule has 0 bridgehead atoms. The van der Waals surface area contributed by atoms with Crippen LogP contribution < -0.4 is 0 Å². The van der Waals surface area contributed by atoms with Gasteiger partial charge in [-0.25, -0.2) is 14.4 Å². The highest BCUT2D eigenvalue weighted by Crippen LogP contribution is 2.29. The summed E-state index contributed by atoms with van der Waals surface area (Å²) in [6.07, 6.45) is 1.08. The first-order valence-corrected chi connectivity index (χ1v) is 5.76. The second-order valence-corrected chi connectivity index (χ2v) is 4.44. The molecule has 3 nitrogen and oxygen atoms in total. The van der Waals surface area contributed by atoms with Gasteiger partial charge in [-0.1, -0.05) is 23.2 Å². The summed E-state index contributed by atoms with van der Waals surface area (Å²) in [5.74, 6) is -0.141. The lowest BCUT2D eigenvalue weighted by Crippen LogP contribution is -1.78. The number of oxazole rings is 1. The van der Waals surface area contributed by atoms with E-state index >= 15 is 0 Å². The van der Waals surface area contributed by atoms with Crippen LogP contribution in [0.4, 0.5) is 4.39 Å². The van der Waals surface area contributed by atoms with Crippen LogP contribution in [0.1, 0.15) is 0 Å². The van der Waals surface area contributed by atoms with Crippen LogP contribution in [0.3, 0.4) is 0 Å². The van der Waals surface area contributed by atoms with Gasteiger partial charge in [-0.2, -0.15) is 0 Å². The van der Waals surface area contributed by atoms with Crippen LogP contribution in [0.5, 0.6) is 0 Å². The lowest BCUT2D eigenvalue weighted by atomic mass is 10.2. The number of hydrogen-bond acceptors (Lipinski definition) is 3. The fraction of sp³-hybridized carbons (Fsp3) is 0. The summed E-state index contributed by atoms with van der Waals surface area (Å²) in [5, 5.41) is 0.844. The molecule has 0 radical (unpaired) electrons. The van der Waals surface area contributed by atoms with Gasteiger partial charge in [0.2, 0.25) is 11.6 Å². The third-order valence-corrected chi connectivity index (χ3v) is 3.12. The smallest absolute Gasteiger partial charge is 0.247 e. The number of benzene rings is 1. The summed E-state index contributed by atoms with van der Waals surface area (Å²) in [5.41, 5.74) is 1.29. The molecule has 0 aliphatic carbocycles. The molecular formula is C12H5Cl2FN2O. The molecule has 0 aliphatic rings. The minimum absolute atomic E-state index is 0.275. The average Bonchev–Trinajstić information content (AvgIpc) is 2.75. The zero-order valence-corrected chi connectivity index (χ0v) is 10.3. The van der Waals surface area contributed by atoms with Crippen LogP contribution in [-0.2, 0) is 0 Å². The van der Waals surface area contributed by atoms with E-state index in [2.05, 4.69) is 9.97 Å². The number of fused-ring (bicyclic) bond motifs is 1. The number of aromatic nitrogens is 2. The highest BCUT2D eigenvalue weighted by Gasteiger charge is 2.11. The van der Waals surface area contributed by atoms with Gasteiger partial charge >= 0.3 is 0 Å². The Morgan fingerprint density at radius 2 is 1.94 bits per heavy atom. The molecule has 0 amide bonds. The van der Waals surface area contributed by atoms with Gasteiger partial charge in [0.25, 0.3) is 0 Å². The highest BCUT2D eigenvalue weighted by molar-refractivity contribution is 6.42.